The molecule has 2 aromatic rings. The summed E-state index contributed by atoms with van der Waals surface area (Å²) in [6.45, 7) is 2.10. The molecule has 0 atom stereocenters. The zero-order valence-corrected chi connectivity index (χ0v) is 13.4. The average molecular weight is 310 g/mol. The van der Waals surface area contributed by atoms with Gasteiger partial charge in [0.1, 0.15) is 5.69 Å². The van der Waals surface area contributed by atoms with Gasteiger partial charge in [0.05, 0.1) is 0 Å². The van der Waals surface area contributed by atoms with Crippen molar-refractivity contribution in [1.29, 1.82) is 0 Å². The lowest BCUT2D eigenvalue weighted by Gasteiger charge is -2.12. The van der Waals surface area contributed by atoms with E-state index < -0.39 is 0 Å². The molecule has 23 heavy (non-hydrogen) atoms. The van der Waals surface area contributed by atoms with E-state index in [2.05, 4.69) is 27.5 Å². The molecule has 1 fully saturated rings. The molecule has 0 bridgehead atoms. The van der Waals surface area contributed by atoms with Crippen molar-refractivity contribution in [2.45, 2.75) is 45.1 Å². The van der Waals surface area contributed by atoms with Crippen molar-refractivity contribution in [2.75, 3.05) is 10.6 Å². The molecule has 0 radical (unpaired) electrons. The highest BCUT2D eigenvalue weighted by atomic mass is 16.1. The molecule has 1 aliphatic carbocycles. The first-order valence-electron chi connectivity index (χ1n) is 8.24. The molecular weight excluding hydrogens is 288 g/mol. The lowest BCUT2D eigenvalue weighted by atomic mass is 10.1. The molecule has 1 aliphatic rings. The van der Waals surface area contributed by atoms with Crippen molar-refractivity contribution in [1.82, 2.24) is 9.97 Å². The van der Waals surface area contributed by atoms with Gasteiger partial charge in [0.2, 0.25) is 5.95 Å². The molecule has 1 amide bonds. The third kappa shape index (κ3) is 4.06. The van der Waals surface area contributed by atoms with E-state index in [1.807, 2.05) is 24.3 Å². The summed E-state index contributed by atoms with van der Waals surface area (Å²) in [5.74, 6) is 0.317. The molecule has 120 valence electrons. The maximum Gasteiger partial charge on any atom is 0.274 e. The topological polar surface area (TPSA) is 66.9 Å². The van der Waals surface area contributed by atoms with Gasteiger partial charge in [-0.15, -0.1) is 0 Å². The van der Waals surface area contributed by atoms with E-state index in [0.29, 0.717) is 17.7 Å². The number of carbonyl (C=O) groups excluding carboxylic acids is 1. The monoisotopic (exact) mass is 310 g/mol. The van der Waals surface area contributed by atoms with Crippen molar-refractivity contribution in [2.24, 2.45) is 0 Å². The zero-order chi connectivity index (χ0) is 16.1. The van der Waals surface area contributed by atoms with Crippen LogP contribution in [0.25, 0.3) is 0 Å². The fourth-order valence-corrected chi connectivity index (χ4v) is 2.83. The normalized spacial score (nSPS) is 14.7. The molecule has 3 rings (SSSR count). The number of aryl methyl sites for hydroxylation is 1. The van der Waals surface area contributed by atoms with Crippen LogP contribution in [0, 0.1) is 0 Å². The van der Waals surface area contributed by atoms with Gasteiger partial charge in [-0.25, -0.2) is 9.97 Å². The summed E-state index contributed by atoms with van der Waals surface area (Å²) in [7, 11) is 0. The van der Waals surface area contributed by atoms with E-state index >= 15 is 0 Å². The molecule has 0 unspecified atom stereocenters. The maximum absolute atomic E-state index is 12.3. The first-order valence-corrected chi connectivity index (χ1v) is 8.24. The van der Waals surface area contributed by atoms with Crippen LogP contribution >= 0.6 is 0 Å². The smallest absolute Gasteiger partial charge is 0.274 e. The highest BCUT2D eigenvalue weighted by Gasteiger charge is 2.16. The van der Waals surface area contributed by atoms with Crippen molar-refractivity contribution in [3.63, 3.8) is 0 Å². The predicted molar refractivity (Wildman–Crippen MR) is 91.7 cm³/mol. The summed E-state index contributed by atoms with van der Waals surface area (Å²) in [4.78, 5) is 20.9. The first kappa shape index (κ1) is 15.5. The molecule has 1 aromatic heterocycles. The maximum atomic E-state index is 12.3. The number of benzene rings is 1. The Morgan fingerprint density at radius 3 is 2.61 bits per heavy atom. The van der Waals surface area contributed by atoms with Gasteiger partial charge in [0.15, 0.2) is 0 Å². The van der Waals surface area contributed by atoms with Crippen LogP contribution in [0.15, 0.2) is 36.5 Å². The Labute approximate surface area is 136 Å². The molecule has 5 nitrogen and oxygen atoms in total. The summed E-state index contributed by atoms with van der Waals surface area (Å²) in [6, 6.07) is 9.92. The van der Waals surface area contributed by atoms with Crippen LogP contribution in [0.4, 0.5) is 11.6 Å². The number of hydrogen-bond acceptors (Lipinski definition) is 4. The Bertz CT molecular complexity index is 663. The molecule has 5 heteroatoms. The summed E-state index contributed by atoms with van der Waals surface area (Å²) < 4.78 is 0. The van der Waals surface area contributed by atoms with Crippen LogP contribution < -0.4 is 10.6 Å². The summed E-state index contributed by atoms with van der Waals surface area (Å²) in [6.07, 6.45) is 7.38. The number of aromatic nitrogens is 2. The SMILES string of the molecule is CCc1ccc(NC(=O)c2ccnc(NC3CCCC3)n2)cc1. The van der Waals surface area contributed by atoms with Crippen LogP contribution in [0.2, 0.25) is 0 Å². The van der Waals surface area contributed by atoms with Gasteiger partial charge in [-0.2, -0.15) is 0 Å². The zero-order valence-electron chi connectivity index (χ0n) is 13.4. The average Bonchev–Trinajstić information content (AvgIpc) is 3.09. The fraction of sp³-hybridized carbons (Fsp3) is 0.389. The van der Waals surface area contributed by atoms with E-state index in [4.69, 9.17) is 0 Å². The lowest BCUT2D eigenvalue weighted by molar-refractivity contribution is 0.102. The van der Waals surface area contributed by atoms with Gasteiger partial charge < -0.3 is 10.6 Å². The second-order valence-electron chi connectivity index (χ2n) is 5.90. The van der Waals surface area contributed by atoms with Gasteiger partial charge >= 0.3 is 0 Å². The molecule has 1 heterocycles. The number of amides is 1. The summed E-state index contributed by atoms with van der Waals surface area (Å²) in [5, 5.41) is 6.19. The number of carbonyl (C=O) groups is 1. The van der Waals surface area contributed by atoms with Crippen molar-refractivity contribution in [3.05, 3.63) is 47.8 Å². The minimum Gasteiger partial charge on any atom is -0.351 e. The van der Waals surface area contributed by atoms with Crippen LogP contribution in [0.1, 0.15) is 48.7 Å². The molecule has 2 N–H and O–H groups in total. The van der Waals surface area contributed by atoms with Crippen molar-refractivity contribution < 1.29 is 4.79 Å². The van der Waals surface area contributed by atoms with Gasteiger partial charge in [-0.3, -0.25) is 4.79 Å². The third-order valence-electron chi connectivity index (χ3n) is 4.20. The van der Waals surface area contributed by atoms with Crippen LogP contribution in [0.3, 0.4) is 0 Å². The van der Waals surface area contributed by atoms with Crippen molar-refractivity contribution in [3.8, 4) is 0 Å². The van der Waals surface area contributed by atoms with Gasteiger partial charge in [0, 0.05) is 17.9 Å². The minimum absolute atomic E-state index is 0.217. The number of nitrogens with one attached hydrogen (secondary N) is 2. The number of rotatable bonds is 5. The Balaban J connectivity index is 1.66. The molecular formula is C18H22N4O. The van der Waals surface area contributed by atoms with E-state index in [-0.39, 0.29) is 5.91 Å². The molecule has 0 aliphatic heterocycles. The number of nitrogens with zero attached hydrogens (tertiary/aromatic N) is 2. The van der Waals surface area contributed by atoms with Crippen LogP contribution in [-0.4, -0.2) is 21.9 Å². The Morgan fingerprint density at radius 1 is 1.17 bits per heavy atom. The lowest BCUT2D eigenvalue weighted by Crippen LogP contribution is -2.19. The largest absolute Gasteiger partial charge is 0.351 e. The Kier molecular flexibility index (Phi) is 4.86. The van der Waals surface area contributed by atoms with Crippen LogP contribution in [0.5, 0.6) is 0 Å². The van der Waals surface area contributed by atoms with Crippen LogP contribution in [-0.2, 0) is 6.42 Å². The molecule has 1 aromatic carbocycles. The Morgan fingerprint density at radius 2 is 1.91 bits per heavy atom. The highest BCUT2D eigenvalue weighted by molar-refractivity contribution is 6.02. The number of anilines is 2. The summed E-state index contributed by atoms with van der Waals surface area (Å²) in [5.41, 5.74) is 2.39. The quantitative estimate of drug-likeness (QED) is 0.884. The van der Waals surface area contributed by atoms with E-state index in [1.165, 1.54) is 18.4 Å². The minimum atomic E-state index is -0.217. The van der Waals surface area contributed by atoms with Gasteiger partial charge in [-0.1, -0.05) is 31.9 Å². The Hall–Kier alpha value is -2.43. The summed E-state index contributed by atoms with van der Waals surface area (Å²) >= 11 is 0. The van der Waals surface area contributed by atoms with Gasteiger partial charge in [-0.05, 0) is 43.0 Å². The van der Waals surface area contributed by atoms with Crippen molar-refractivity contribution >= 4 is 17.5 Å². The van der Waals surface area contributed by atoms with E-state index in [0.717, 1.165) is 24.9 Å². The molecule has 1 saturated carbocycles. The van der Waals surface area contributed by atoms with Gasteiger partial charge in [0.25, 0.3) is 5.91 Å². The second kappa shape index (κ2) is 7.22. The second-order valence-corrected chi connectivity index (χ2v) is 5.90. The molecule has 0 saturated heterocycles. The van der Waals surface area contributed by atoms with E-state index in [9.17, 15) is 4.79 Å². The highest BCUT2D eigenvalue weighted by Crippen LogP contribution is 2.20. The molecule has 0 spiro atoms. The van der Waals surface area contributed by atoms with E-state index in [1.54, 1.807) is 12.3 Å². The third-order valence-corrected chi connectivity index (χ3v) is 4.20. The standard InChI is InChI=1S/C18H22N4O/c1-2-13-7-9-15(10-8-13)20-17(23)16-11-12-19-18(22-16)21-14-5-3-4-6-14/h7-12,14H,2-6H2,1H3,(H,20,23)(H,19,21,22). The predicted octanol–water partition coefficient (Wildman–Crippen LogP) is 3.65. The number of hydrogen-bond donors (Lipinski definition) is 2. The first-order chi connectivity index (χ1) is 11.2. The fourth-order valence-electron chi connectivity index (χ4n) is 2.83.